The highest BCUT2D eigenvalue weighted by Gasteiger charge is 2.25. The number of likely N-dealkylation sites (N-methyl/N-ethyl adjacent to an activating group) is 1. The van der Waals surface area contributed by atoms with Crippen molar-refractivity contribution in [2.45, 2.75) is 18.6 Å². The number of aromatic nitrogens is 3. The van der Waals surface area contributed by atoms with Crippen LogP contribution in [0, 0.1) is 0 Å². The zero-order valence-corrected chi connectivity index (χ0v) is 15.1. The van der Waals surface area contributed by atoms with Crippen LogP contribution < -0.4 is 5.32 Å². The van der Waals surface area contributed by atoms with Crippen molar-refractivity contribution < 1.29 is 9.50 Å². The Hall–Kier alpha value is -1.90. The fourth-order valence-electron chi connectivity index (χ4n) is 3.15. The Morgan fingerprint density at radius 3 is 2.96 bits per heavy atom. The molecule has 1 fully saturated rings. The molecule has 0 unspecified atom stereocenters. The summed E-state index contributed by atoms with van der Waals surface area (Å²) in [6.45, 7) is 1.26. The topological polar surface area (TPSA) is 66.2 Å². The molecule has 1 aliphatic heterocycles. The minimum absolute atomic E-state index is 0.0312. The highest BCUT2D eigenvalue weighted by molar-refractivity contribution is 7.22. The SMILES string of the molecule is CN1C[C@H](F)C[C@@H](Nc2nc3nn(-c4c(O)cccc4Cl)cc3s2)C1. The molecule has 0 spiro atoms. The maximum Gasteiger partial charge on any atom is 0.194 e. The van der Waals surface area contributed by atoms with Gasteiger partial charge in [-0.2, -0.15) is 4.98 Å². The fraction of sp³-hybridized carbons (Fsp3) is 0.375. The molecule has 1 saturated heterocycles. The second kappa shape index (κ2) is 6.44. The average Bonchev–Trinajstić information content (AvgIpc) is 3.04. The van der Waals surface area contributed by atoms with Gasteiger partial charge in [-0.15, -0.1) is 5.10 Å². The van der Waals surface area contributed by atoms with Gasteiger partial charge < -0.3 is 15.3 Å². The van der Waals surface area contributed by atoms with E-state index in [9.17, 15) is 9.50 Å². The Balaban J connectivity index is 1.58. The van der Waals surface area contributed by atoms with Crippen LogP contribution in [-0.2, 0) is 0 Å². The first kappa shape index (κ1) is 16.6. The summed E-state index contributed by atoms with van der Waals surface area (Å²) in [5.74, 6) is 0.0558. The van der Waals surface area contributed by atoms with Crippen molar-refractivity contribution >= 4 is 38.4 Å². The summed E-state index contributed by atoms with van der Waals surface area (Å²) in [7, 11) is 1.92. The van der Waals surface area contributed by atoms with Crippen molar-refractivity contribution in [2.75, 3.05) is 25.5 Å². The molecule has 0 radical (unpaired) electrons. The second-order valence-corrected chi connectivity index (χ2v) is 7.72. The molecule has 6 nitrogen and oxygen atoms in total. The monoisotopic (exact) mass is 381 g/mol. The van der Waals surface area contributed by atoms with E-state index in [0.717, 1.165) is 16.4 Å². The molecule has 4 rings (SSSR count). The third-order valence-electron chi connectivity index (χ3n) is 4.18. The normalized spacial score (nSPS) is 21.7. The molecule has 25 heavy (non-hydrogen) atoms. The van der Waals surface area contributed by atoms with Crippen LogP contribution in [0.2, 0.25) is 5.02 Å². The second-order valence-electron chi connectivity index (χ2n) is 6.28. The number of para-hydroxylation sites is 1. The first-order chi connectivity index (χ1) is 12.0. The molecule has 2 atom stereocenters. The average molecular weight is 382 g/mol. The van der Waals surface area contributed by atoms with Crippen molar-refractivity contribution in [1.29, 1.82) is 0 Å². The Labute approximate surface area is 152 Å². The maximum absolute atomic E-state index is 13.7. The van der Waals surface area contributed by atoms with E-state index in [1.54, 1.807) is 24.4 Å². The largest absolute Gasteiger partial charge is 0.506 e. The first-order valence-corrected chi connectivity index (χ1v) is 9.12. The number of halogens is 2. The molecule has 0 aliphatic carbocycles. The number of anilines is 1. The van der Waals surface area contributed by atoms with E-state index in [4.69, 9.17) is 11.6 Å². The molecule has 0 bridgehead atoms. The van der Waals surface area contributed by atoms with Gasteiger partial charge in [0.25, 0.3) is 0 Å². The molecular weight excluding hydrogens is 365 g/mol. The lowest BCUT2D eigenvalue weighted by Gasteiger charge is -2.32. The molecule has 132 valence electrons. The van der Waals surface area contributed by atoms with Gasteiger partial charge in [0.15, 0.2) is 10.8 Å². The van der Waals surface area contributed by atoms with Crippen molar-refractivity contribution in [3.05, 3.63) is 29.4 Å². The minimum atomic E-state index is -0.821. The quantitative estimate of drug-likeness (QED) is 0.728. The summed E-state index contributed by atoms with van der Waals surface area (Å²) in [6.07, 6.45) is 1.44. The maximum atomic E-state index is 13.7. The van der Waals surface area contributed by atoms with Crippen molar-refractivity contribution in [3.63, 3.8) is 0 Å². The van der Waals surface area contributed by atoms with Gasteiger partial charge in [0, 0.05) is 25.6 Å². The Morgan fingerprint density at radius 1 is 1.40 bits per heavy atom. The number of benzene rings is 1. The highest BCUT2D eigenvalue weighted by Crippen LogP contribution is 2.32. The number of rotatable bonds is 3. The number of hydrogen-bond donors (Lipinski definition) is 2. The van der Waals surface area contributed by atoms with Crippen molar-refractivity contribution in [2.24, 2.45) is 0 Å². The highest BCUT2D eigenvalue weighted by atomic mass is 35.5. The molecule has 1 aromatic carbocycles. The summed E-state index contributed by atoms with van der Waals surface area (Å²) in [4.78, 5) is 6.45. The summed E-state index contributed by atoms with van der Waals surface area (Å²) < 4.78 is 16.1. The van der Waals surface area contributed by atoms with Gasteiger partial charge in [0.2, 0.25) is 0 Å². The van der Waals surface area contributed by atoms with Gasteiger partial charge in [-0.1, -0.05) is 29.0 Å². The zero-order valence-electron chi connectivity index (χ0n) is 13.5. The summed E-state index contributed by atoms with van der Waals surface area (Å²) in [5.41, 5.74) is 0.992. The van der Waals surface area contributed by atoms with Gasteiger partial charge in [-0.3, -0.25) is 0 Å². The standard InChI is InChI=1S/C16H17ClFN5OS/c1-22-6-9(18)5-10(7-22)19-16-20-15-13(25-16)8-23(21-15)14-11(17)3-2-4-12(14)24/h2-4,8-10,24H,5-7H2,1H3,(H,19,20,21)/t9-,10-/m1/s1. The first-order valence-electron chi connectivity index (χ1n) is 7.93. The third-order valence-corrected chi connectivity index (χ3v) is 5.40. The van der Waals surface area contributed by atoms with Crippen LogP contribution in [0.25, 0.3) is 16.0 Å². The number of likely N-dealkylation sites (tertiary alicyclic amines) is 1. The molecule has 2 aromatic heterocycles. The van der Waals surface area contributed by atoms with E-state index >= 15 is 0 Å². The molecule has 2 N–H and O–H groups in total. The van der Waals surface area contributed by atoms with Gasteiger partial charge >= 0.3 is 0 Å². The fourth-order valence-corrected chi connectivity index (χ4v) is 4.31. The van der Waals surface area contributed by atoms with Crippen molar-refractivity contribution in [1.82, 2.24) is 19.7 Å². The number of thiazole rings is 1. The number of phenolic OH excluding ortho intramolecular Hbond substituents is 1. The smallest absolute Gasteiger partial charge is 0.194 e. The molecule has 3 aromatic rings. The van der Waals surface area contributed by atoms with Crippen LogP contribution in [0.4, 0.5) is 9.52 Å². The zero-order chi connectivity index (χ0) is 17.6. The van der Waals surface area contributed by atoms with Crippen molar-refractivity contribution in [3.8, 4) is 11.4 Å². The predicted molar refractivity (Wildman–Crippen MR) is 97.8 cm³/mol. The summed E-state index contributed by atoms with van der Waals surface area (Å²) in [5, 5.41) is 18.8. The number of aromatic hydroxyl groups is 1. The summed E-state index contributed by atoms with van der Waals surface area (Å²) in [6, 6.07) is 4.96. The Bertz CT molecular complexity index is 851. The lowest BCUT2D eigenvalue weighted by molar-refractivity contribution is 0.153. The number of piperidine rings is 1. The molecule has 3 heterocycles. The van der Waals surface area contributed by atoms with E-state index in [-0.39, 0.29) is 11.8 Å². The van der Waals surface area contributed by atoms with E-state index in [1.165, 1.54) is 16.0 Å². The van der Waals surface area contributed by atoms with Crippen LogP contribution in [0.1, 0.15) is 6.42 Å². The minimum Gasteiger partial charge on any atom is -0.506 e. The molecule has 0 amide bonds. The molecule has 1 aliphatic rings. The van der Waals surface area contributed by atoms with Gasteiger partial charge in [0.1, 0.15) is 17.6 Å². The molecule has 9 heteroatoms. The van der Waals surface area contributed by atoms with E-state index in [1.807, 2.05) is 11.9 Å². The van der Waals surface area contributed by atoms with Gasteiger partial charge in [-0.05, 0) is 19.2 Å². The van der Waals surface area contributed by atoms with E-state index in [2.05, 4.69) is 15.4 Å². The number of phenols is 1. The number of fused-ring (bicyclic) bond motifs is 1. The Morgan fingerprint density at radius 2 is 2.24 bits per heavy atom. The lowest BCUT2D eigenvalue weighted by atomic mass is 10.1. The predicted octanol–water partition coefficient (Wildman–Crippen LogP) is 3.30. The summed E-state index contributed by atoms with van der Waals surface area (Å²) >= 11 is 7.61. The number of hydrogen-bond acceptors (Lipinski definition) is 6. The third kappa shape index (κ3) is 3.29. The van der Waals surface area contributed by atoms with Crippen LogP contribution >= 0.6 is 22.9 Å². The number of alkyl halides is 1. The van der Waals surface area contributed by atoms with Crippen LogP contribution in [0.3, 0.4) is 0 Å². The number of nitrogens with zero attached hydrogens (tertiary/aromatic N) is 4. The Kier molecular flexibility index (Phi) is 4.26. The number of nitrogens with one attached hydrogen (secondary N) is 1. The van der Waals surface area contributed by atoms with Crippen LogP contribution in [-0.4, -0.2) is 57.1 Å². The molecular formula is C16H17ClFN5OS. The lowest BCUT2D eigenvalue weighted by Crippen LogP contribution is -2.45. The molecule has 0 saturated carbocycles. The van der Waals surface area contributed by atoms with Gasteiger partial charge in [0.05, 0.1) is 15.9 Å². The van der Waals surface area contributed by atoms with Gasteiger partial charge in [-0.25, -0.2) is 9.07 Å². The van der Waals surface area contributed by atoms with E-state index < -0.39 is 6.17 Å². The van der Waals surface area contributed by atoms with E-state index in [0.29, 0.717) is 29.3 Å². The van der Waals surface area contributed by atoms with Crippen LogP contribution in [0.5, 0.6) is 5.75 Å². The van der Waals surface area contributed by atoms with Crippen LogP contribution in [0.15, 0.2) is 24.4 Å².